The highest BCUT2D eigenvalue weighted by Gasteiger charge is 2.04. The van der Waals surface area contributed by atoms with Crippen LogP contribution in [0.2, 0.25) is 0 Å². The molecule has 0 saturated carbocycles. The van der Waals surface area contributed by atoms with Crippen LogP contribution in [-0.4, -0.2) is 28.4 Å². The summed E-state index contributed by atoms with van der Waals surface area (Å²) >= 11 is 1.69. The van der Waals surface area contributed by atoms with Crippen LogP contribution in [0.15, 0.2) is 77.7 Å². The molecule has 0 aliphatic carbocycles. The van der Waals surface area contributed by atoms with Gasteiger partial charge >= 0.3 is 5.97 Å². The number of rotatable bonds is 6. The molecule has 0 spiro atoms. The van der Waals surface area contributed by atoms with Gasteiger partial charge in [0.1, 0.15) is 5.75 Å². The van der Waals surface area contributed by atoms with Gasteiger partial charge in [-0.2, -0.15) is 0 Å². The second-order valence-electron chi connectivity index (χ2n) is 7.02. The Labute approximate surface area is 184 Å². The number of H-pyrrole nitrogens is 1. The van der Waals surface area contributed by atoms with Crippen molar-refractivity contribution in [3.05, 3.63) is 83.9 Å². The predicted octanol–water partition coefficient (Wildman–Crippen LogP) is 5.79. The molecule has 0 fully saturated rings. The molecular formula is C26H21NO3S. The molecule has 154 valence electrons. The molecule has 0 aliphatic rings. The maximum atomic E-state index is 10.6. The summed E-state index contributed by atoms with van der Waals surface area (Å²) in [6, 6.07) is 20.3. The van der Waals surface area contributed by atoms with E-state index in [0.717, 1.165) is 32.8 Å². The Bertz CT molecular complexity index is 1340. The van der Waals surface area contributed by atoms with Gasteiger partial charge in [-0.1, -0.05) is 42.2 Å². The van der Waals surface area contributed by atoms with Crippen molar-refractivity contribution < 1.29 is 14.6 Å². The number of thioether (sulfide) groups is 1. The maximum Gasteiger partial charge on any atom is 0.341 e. The molecule has 5 heteroatoms. The summed E-state index contributed by atoms with van der Waals surface area (Å²) in [4.78, 5) is 15.2. The lowest BCUT2D eigenvalue weighted by Gasteiger charge is -2.08. The summed E-state index contributed by atoms with van der Waals surface area (Å²) in [6.45, 7) is 1.58. The van der Waals surface area contributed by atoms with Crippen LogP contribution in [-0.2, 0) is 4.79 Å². The van der Waals surface area contributed by atoms with Crippen molar-refractivity contribution in [2.24, 2.45) is 0 Å². The Morgan fingerprint density at radius 1 is 1.10 bits per heavy atom. The molecule has 0 radical (unpaired) electrons. The first-order valence-electron chi connectivity index (χ1n) is 9.85. The van der Waals surface area contributed by atoms with E-state index >= 15 is 0 Å². The third-order valence-electron chi connectivity index (χ3n) is 4.77. The van der Waals surface area contributed by atoms with E-state index in [4.69, 9.17) is 9.84 Å². The largest absolute Gasteiger partial charge is 0.482 e. The van der Waals surface area contributed by atoms with Crippen molar-refractivity contribution in [2.75, 3.05) is 12.4 Å². The van der Waals surface area contributed by atoms with Gasteiger partial charge in [-0.3, -0.25) is 0 Å². The minimum Gasteiger partial charge on any atom is -0.482 e. The smallest absolute Gasteiger partial charge is 0.341 e. The SMILES string of the molecule is Cc1cc(SCC=CC#Cc2ccc3c(c2)[nH]c2ccccc23)ccc1OCC(=O)O. The number of aromatic amines is 1. The quantitative estimate of drug-likeness (QED) is 0.302. The molecule has 3 aromatic carbocycles. The van der Waals surface area contributed by atoms with E-state index in [0.29, 0.717) is 5.75 Å². The van der Waals surface area contributed by atoms with Gasteiger partial charge in [0.05, 0.1) is 0 Å². The minimum absolute atomic E-state index is 0.331. The molecule has 0 bridgehead atoms. The number of benzene rings is 3. The van der Waals surface area contributed by atoms with E-state index < -0.39 is 5.97 Å². The Morgan fingerprint density at radius 2 is 1.94 bits per heavy atom. The number of aromatic nitrogens is 1. The molecule has 0 unspecified atom stereocenters. The number of aryl methyl sites for hydroxylation is 1. The van der Waals surface area contributed by atoms with Gasteiger partial charge in [0.2, 0.25) is 0 Å². The van der Waals surface area contributed by atoms with E-state index in [-0.39, 0.29) is 6.61 Å². The number of allylic oxidation sites excluding steroid dienone is 1. The zero-order valence-electron chi connectivity index (χ0n) is 17.0. The van der Waals surface area contributed by atoms with Crippen molar-refractivity contribution >= 4 is 39.5 Å². The van der Waals surface area contributed by atoms with Gasteiger partial charge in [-0.05, 0) is 55.0 Å². The Kier molecular flexibility index (Phi) is 6.30. The summed E-state index contributed by atoms with van der Waals surface area (Å²) in [5.41, 5.74) is 4.13. The van der Waals surface area contributed by atoms with Crippen molar-refractivity contribution in [3.8, 4) is 17.6 Å². The monoisotopic (exact) mass is 427 g/mol. The number of carboxylic acids is 1. The van der Waals surface area contributed by atoms with E-state index in [2.05, 4.69) is 53.2 Å². The lowest BCUT2D eigenvalue weighted by molar-refractivity contribution is -0.139. The van der Waals surface area contributed by atoms with Crippen LogP contribution in [0.25, 0.3) is 21.8 Å². The summed E-state index contributed by atoms with van der Waals surface area (Å²) in [7, 11) is 0. The summed E-state index contributed by atoms with van der Waals surface area (Å²) in [6.07, 6.45) is 3.91. The first-order valence-corrected chi connectivity index (χ1v) is 10.8. The van der Waals surface area contributed by atoms with Crippen LogP contribution in [0.4, 0.5) is 0 Å². The second kappa shape index (κ2) is 9.46. The van der Waals surface area contributed by atoms with Crippen molar-refractivity contribution in [2.45, 2.75) is 11.8 Å². The molecule has 4 nitrogen and oxygen atoms in total. The molecule has 31 heavy (non-hydrogen) atoms. The summed E-state index contributed by atoms with van der Waals surface area (Å²) in [5.74, 6) is 6.70. The fourth-order valence-corrected chi connectivity index (χ4v) is 4.13. The fraction of sp³-hybridized carbons (Fsp3) is 0.115. The first kappa shape index (κ1) is 20.6. The van der Waals surface area contributed by atoms with Gasteiger partial charge in [-0.25, -0.2) is 4.79 Å². The average Bonchev–Trinajstić information content (AvgIpc) is 3.13. The van der Waals surface area contributed by atoms with E-state index in [1.165, 1.54) is 10.8 Å². The first-order chi connectivity index (χ1) is 15.1. The van der Waals surface area contributed by atoms with Crippen LogP contribution >= 0.6 is 11.8 Å². The number of ether oxygens (including phenoxy) is 1. The third kappa shape index (κ3) is 5.11. The summed E-state index contributed by atoms with van der Waals surface area (Å²) < 4.78 is 5.25. The number of carboxylic acid groups (broad SMARTS) is 1. The van der Waals surface area contributed by atoms with Crippen LogP contribution in [0, 0.1) is 18.8 Å². The topological polar surface area (TPSA) is 62.3 Å². The molecule has 4 aromatic rings. The Balaban J connectivity index is 1.34. The van der Waals surface area contributed by atoms with Crippen LogP contribution in [0.5, 0.6) is 5.75 Å². The van der Waals surface area contributed by atoms with E-state index in [1.807, 2.05) is 43.3 Å². The lowest BCUT2D eigenvalue weighted by Crippen LogP contribution is -2.09. The van der Waals surface area contributed by atoms with Gasteiger partial charge in [-0.15, -0.1) is 11.8 Å². The van der Waals surface area contributed by atoms with Gasteiger partial charge in [0, 0.05) is 38.0 Å². The highest BCUT2D eigenvalue weighted by atomic mass is 32.2. The summed E-state index contributed by atoms with van der Waals surface area (Å²) in [5, 5.41) is 11.1. The lowest BCUT2D eigenvalue weighted by atomic mass is 10.1. The number of carbonyl (C=O) groups is 1. The zero-order chi connectivity index (χ0) is 21.6. The molecule has 0 saturated heterocycles. The van der Waals surface area contributed by atoms with Crippen LogP contribution in [0.3, 0.4) is 0 Å². The van der Waals surface area contributed by atoms with Gasteiger partial charge < -0.3 is 14.8 Å². The number of hydrogen-bond acceptors (Lipinski definition) is 3. The van der Waals surface area contributed by atoms with Crippen LogP contribution < -0.4 is 4.74 Å². The van der Waals surface area contributed by atoms with Gasteiger partial charge in [0.25, 0.3) is 0 Å². The Hall–Kier alpha value is -3.62. The third-order valence-corrected chi connectivity index (χ3v) is 5.71. The molecule has 1 aromatic heterocycles. The molecule has 4 rings (SSSR count). The molecule has 0 atom stereocenters. The zero-order valence-corrected chi connectivity index (χ0v) is 17.8. The highest BCUT2D eigenvalue weighted by molar-refractivity contribution is 7.99. The number of aliphatic carboxylic acids is 1. The average molecular weight is 428 g/mol. The molecular weight excluding hydrogens is 406 g/mol. The molecule has 1 heterocycles. The highest BCUT2D eigenvalue weighted by Crippen LogP contribution is 2.26. The Morgan fingerprint density at radius 3 is 2.77 bits per heavy atom. The molecule has 2 N–H and O–H groups in total. The van der Waals surface area contributed by atoms with Gasteiger partial charge in [0.15, 0.2) is 6.61 Å². The number of hydrogen-bond donors (Lipinski definition) is 2. The number of fused-ring (bicyclic) bond motifs is 3. The number of para-hydroxylation sites is 1. The van der Waals surface area contributed by atoms with Crippen molar-refractivity contribution in [1.82, 2.24) is 4.98 Å². The van der Waals surface area contributed by atoms with E-state index in [1.54, 1.807) is 11.8 Å². The minimum atomic E-state index is -0.981. The van der Waals surface area contributed by atoms with Crippen molar-refractivity contribution in [1.29, 1.82) is 0 Å². The van der Waals surface area contributed by atoms with E-state index in [9.17, 15) is 4.79 Å². The number of nitrogens with one attached hydrogen (secondary N) is 1. The second-order valence-corrected chi connectivity index (χ2v) is 8.12. The molecule has 0 amide bonds. The normalized spacial score (nSPS) is 11.0. The molecule has 0 aliphatic heterocycles. The fourth-order valence-electron chi connectivity index (χ4n) is 3.32. The van der Waals surface area contributed by atoms with Crippen LogP contribution in [0.1, 0.15) is 11.1 Å². The predicted molar refractivity (Wildman–Crippen MR) is 127 cm³/mol. The van der Waals surface area contributed by atoms with Crippen molar-refractivity contribution in [3.63, 3.8) is 0 Å². The maximum absolute atomic E-state index is 10.6. The standard InChI is InChI=1S/C26H21NO3S/c1-18-15-20(11-13-25(18)30-17-26(28)29)31-14-6-2-3-7-19-10-12-22-21-8-4-5-9-23(21)27-24(22)16-19/h2,4-6,8-13,15-16,27H,14,17H2,1H3,(H,28,29).